The van der Waals surface area contributed by atoms with Crippen LogP contribution in [0.15, 0.2) is 34.9 Å². The van der Waals surface area contributed by atoms with Crippen molar-refractivity contribution in [1.29, 1.82) is 0 Å². The summed E-state index contributed by atoms with van der Waals surface area (Å²) in [4.78, 5) is 15.3. The van der Waals surface area contributed by atoms with Gasteiger partial charge in [-0.3, -0.25) is 4.79 Å². The molecule has 4 heteroatoms. The zero-order valence-electron chi connectivity index (χ0n) is 9.87. The first kappa shape index (κ1) is 12.2. The molecule has 0 aliphatic carbocycles. The number of carbonyl (C=O) groups is 1. The topological polar surface area (TPSA) is 20.3 Å². The van der Waals surface area contributed by atoms with Crippen molar-refractivity contribution in [2.24, 2.45) is 0 Å². The Morgan fingerprint density at radius 1 is 1.35 bits per heavy atom. The molecule has 0 saturated heterocycles. The first-order valence-corrected chi connectivity index (χ1v) is 6.40. The average molecular weight is 251 g/mol. The molecule has 0 saturated carbocycles. The number of thioether (sulfide) groups is 1. The van der Waals surface area contributed by atoms with E-state index in [1.54, 1.807) is 11.8 Å². The molecule has 0 spiro atoms. The highest BCUT2D eigenvalue weighted by molar-refractivity contribution is 8.03. The zero-order chi connectivity index (χ0) is 12.4. The second-order valence-corrected chi connectivity index (χ2v) is 5.20. The predicted molar refractivity (Wildman–Crippen MR) is 68.3 cm³/mol. The van der Waals surface area contributed by atoms with Crippen molar-refractivity contribution in [2.75, 3.05) is 12.4 Å². The lowest BCUT2D eigenvalue weighted by atomic mass is 10.1. The van der Waals surface area contributed by atoms with Crippen molar-refractivity contribution in [3.8, 4) is 0 Å². The Balaban J connectivity index is 2.05. The van der Waals surface area contributed by atoms with Gasteiger partial charge in [0.15, 0.2) is 5.78 Å². The maximum absolute atomic E-state index is 12.7. The van der Waals surface area contributed by atoms with Crippen LogP contribution in [-0.2, 0) is 0 Å². The summed E-state index contributed by atoms with van der Waals surface area (Å²) in [6.45, 7) is 4.44. The largest absolute Gasteiger partial charge is 0.357 e. The van der Waals surface area contributed by atoms with Crippen LogP contribution in [0.1, 0.15) is 24.2 Å². The maximum Gasteiger partial charge on any atom is 0.182 e. The van der Waals surface area contributed by atoms with E-state index in [4.69, 9.17) is 0 Å². The van der Waals surface area contributed by atoms with Crippen molar-refractivity contribution >= 4 is 17.5 Å². The van der Waals surface area contributed by atoms with Gasteiger partial charge in [-0.1, -0.05) is 0 Å². The number of benzene rings is 1. The van der Waals surface area contributed by atoms with Gasteiger partial charge in [0.1, 0.15) is 5.82 Å². The minimum Gasteiger partial charge on any atom is -0.357 e. The molecule has 1 aliphatic rings. The van der Waals surface area contributed by atoms with Gasteiger partial charge in [0, 0.05) is 16.2 Å². The molecule has 0 amide bonds. The molecule has 2 nitrogen and oxygen atoms in total. The molecular formula is C13H14FNOS. The molecule has 0 aromatic heterocycles. The molecule has 90 valence electrons. The van der Waals surface area contributed by atoms with Crippen LogP contribution in [0.4, 0.5) is 4.39 Å². The minimum absolute atomic E-state index is 0.0275. The third-order valence-electron chi connectivity index (χ3n) is 2.92. The van der Waals surface area contributed by atoms with E-state index in [-0.39, 0.29) is 11.6 Å². The molecule has 0 N–H and O–H groups in total. The number of rotatable bonds is 3. The van der Waals surface area contributed by atoms with Crippen LogP contribution in [0, 0.1) is 5.82 Å². The second-order valence-electron chi connectivity index (χ2n) is 4.04. The quantitative estimate of drug-likeness (QED) is 0.769. The fourth-order valence-corrected chi connectivity index (χ4v) is 2.64. The molecule has 1 heterocycles. The standard InChI is InChI=1S/C13H14FNOS/c1-9-10(2)17-8-15(9)7-13(16)11-3-5-12(14)6-4-11/h3-6H,7-8H2,1-2H3. The summed E-state index contributed by atoms with van der Waals surface area (Å²) in [5, 5.41) is 0. The molecule has 1 aliphatic heterocycles. The van der Waals surface area contributed by atoms with E-state index >= 15 is 0 Å². The highest BCUT2D eigenvalue weighted by Crippen LogP contribution is 2.30. The lowest BCUT2D eigenvalue weighted by Crippen LogP contribution is -2.25. The zero-order valence-corrected chi connectivity index (χ0v) is 10.7. The highest BCUT2D eigenvalue weighted by atomic mass is 32.2. The van der Waals surface area contributed by atoms with Gasteiger partial charge in [-0.15, -0.1) is 11.8 Å². The van der Waals surface area contributed by atoms with Crippen LogP contribution in [0.3, 0.4) is 0 Å². The van der Waals surface area contributed by atoms with E-state index in [0.717, 1.165) is 11.6 Å². The van der Waals surface area contributed by atoms with Gasteiger partial charge in [-0.2, -0.15) is 0 Å². The molecule has 0 unspecified atom stereocenters. The fraction of sp³-hybridized carbons (Fsp3) is 0.308. The maximum atomic E-state index is 12.7. The Bertz CT molecular complexity index is 467. The van der Waals surface area contributed by atoms with E-state index in [2.05, 4.69) is 6.92 Å². The van der Waals surface area contributed by atoms with Gasteiger partial charge in [-0.25, -0.2) is 4.39 Å². The van der Waals surface area contributed by atoms with Crippen molar-refractivity contribution in [2.45, 2.75) is 13.8 Å². The van der Waals surface area contributed by atoms with Crippen molar-refractivity contribution in [3.05, 3.63) is 46.2 Å². The number of hydrogen-bond acceptors (Lipinski definition) is 3. The van der Waals surface area contributed by atoms with Crippen LogP contribution in [0.5, 0.6) is 0 Å². The monoisotopic (exact) mass is 251 g/mol. The first-order chi connectivity index (χ1) is 8.08. The molecule has 0 fully saturated rings. The lowest BCUT2D eigenvalue weighted by molar-refractivity contribution is 0.0958. The van der Waals surface area contributed by atoms with E-state index in [1.807, 2.05) is 11.8 Å². The van der Waals surface area contributed by atoms with Crippen molar-refractivity contribution in [1.82, 2.24) is 4.90 Å². The van der Waals surface area contributed by atoms with E-state index in [1.165, 1.54) is 29.2 Å². The van der Waals surface area contributed by atoms with Gasteiger partial charge < -0.3 is 4.90 Å². The third-order valence-corrected chi connectivity index (χ3v) is 4.09. The number of allylic oxidation sites excluding steroid dienone is 2. The van der Waals surface area contributed by atoms with Gasteiger partial charge in [0.2, 0.25) is 0 Å². The van der Waals surface area contributed by atoms with Crippen LogP contribution in [0.2, 0.25) is 0 Å². The number of carbonyl (C=O) groups excluding carboxylic acids is 1. The number of halogens is 1. The van der Waals surface area contributed by atoms with Crippen LogP contribution >= 0.6 is 11.8 Å². The number of hydrogen-bond donors (Lipinski definition) is 0. The molecule has 0 radical (unpaired) electrons. The van der Waals surface area contributed by atoms with Gasteiger partial charge in [0.05, 0.1) is 12.4 Å². The molecule has 1 aromatic carbocycles. The molecule has 17 heavy (non-hydrogen) atoms. The fourth-order valence-electron chi connectivity index (χ4n) is 1.66. The Labute approximate surface area is 105 Å². The van der Waals surface area contributed by atoms with Crippen molar-refractivity contribution in [3.63, 3.8) is 0 Å². The molecular weight excluding hydrogens is 237 g/mol. The summed E-state index contributed by atoms with van der Waals surface area (Å²) >= 11 is 1.75. The highest BCUT2D eigenvalue weighted by Gasteiger charge is 2.19. The van der Waals surface area contributed by atoms with Gasteiger partial charge in [0.25, 0.3) is 0 Å². The third kappa shape index (κ3) is 2.69. The summed E-state index contributed by atoms with van der Waals surface area (Å²) in [6.07, 6.45) is 0. The Morgan fingerprint density at radius 2 is 2.00 bits per heavy atom. The molecule has 1 aromatic rings. The summed E-state index contributed by atoms with van der Waals surface area (Å²) in [5.74, 6) is 0.537. The van der Waals surface area contributed by atoms with Crippen LogP contribution in [0.25, 0.3) is 0 Å². The average Bonchev–Trinajstić information content (AvgIpc) is 2.62. The van der Waals surface area contributed by atoms with Crippen molar-refractivity contribution < 1.29 is 9.18 Å². The van der Waals surface area contributed by atoms with Crippen LogP contribution < -0.4 is 0 Å². The Morgan fingerprint density at radius 3 is 2.53 bits per heavy atom. The molecule has 2 rings (SSSR count). The molecule has 0 atom stereocenters. The van der Waals surface area contributed by atoms with E-state index < -0.39 is 0 Å². The number of nitrogens with zero attached hydrogens (tertiary/aromatic N) is 1. The number of ketones is 1. The first-order valence-electron chi connectivity index (χ1n) is 5.42. The smallest absolute Gasteiger partial charge is 0.182 e. The summed E-state index contributed by atoms with van der Waals surface area (Å²) in [7, 11) is 0. The predicted octanol–water partition coefficient (Wildman–Crippen LogP) is 3.27. The normalized spacial score (nSPS) is 15.6. The van der Waals surface area contributed by atoms with Gasteiger partial charge in [-0.05, 0) is 38.1 Å². The summed E-state index contributed by atoms with van der Waals surface area (Å²) in [6, 6.07) is 5.71. The summed E-state index contributed by atoms with van der Waals surface area (Å²) < 4.78 is 12.7. The molecule has 0 bridgehead atoms. The van der Waals surface area contributed by atoms with Crippen LogP contribution in [-0.4, -0.2) is 23.1 Å². The van der Waals surface area contributed by atoms with E-state index in [9.17, 15) is 9.18 Å². The van der Waals surface area contributed by atoms with Gasteiger partial charge >= 0.3 is 0 Å². The SMILES string of the molecule is CC1=C(C)N(CC(=O)c2ccc(F)cc2)CS1. The number of Topliss-reactive ketones (excluding diaryl/α,β-unsaturated/α-hetero) is 1. The summed E-state index contributed by atoms with van der Waals surface area (Å²) in [5.41, 5.74) is 1.72. The minimum atomic E-state index is -0.315. The Kier molecular flexibility index (Phi) is 3.52. The Hall–Kier alpha value is -1.29. The van der Waals surface area contributed by atoms with E-state index in [0.29, 0.717) is 12.1 Å². The lowest BCUT2D eigenvalue weighted by Gasteiger charge is -2.18. The second kappa shape index (κ2) is 4.92.